The van der Waals surface area contributed by atoms with Crippen molar-refractivity contribution in [2.24, 2.45) is 10.7 Å². The second kappa shape index (κ2) is 11.6. The molecule has 1 saturated heterocycles. The average Bonchev–Trinajstić information content (AvgIpc) is 2.53. The number of benzene rings is 1. The number of rotatable bonds is 7. The molecule has 0 bridgehead atoms. The molecule has 23 heavy (non-hydrogen) atoms. The molecular formula is C16H26FIN4O. The fraction of sp³-hybridized carbons (Fsp3) is 0.562. The molecule has 1 heterocycles. The SMILES string of the molecule is I.NC(=NCCCN1CCOCC1)NCCc1cccc(F)c1. The summed E-state index contributed by atoms with van der Waals surface area (Å²) in [7, 11) is 0. The van der Waals surface area contributed by atoms with E-state index in [1.54, 1.807) is 6.07 Å². The summed E-state index contributed by atoms with van der Waals surface area (Å²) >= 11 is 0. The van der Waals surface area contributed by atoms with Gasteiger partial charge in [0.05, 0.1) is 13.2 Å². The number of nitrogens with zero attached hydrogens (tertiary/aromatic N) is 2. The minimum atomic E-state index is -0.206. The number of halogens is 2. The van der Waals surface area contributed by atoms with Gasteiger partial charge in [0.2, 0.25) is 0 Å². The number of guanidine groups is 1. The Morgan fingerprint density at radius 1 is 1.35 bits per heavy atom. The average molecular weight is 436 g/mol. The molecular weight excluding hydrogens is 410 g/mol. The maximum Gasteiger partial charge on any atom is 0.188 e. The lowest BCUT2D eigenvalue weighted by atomic mass is 10.1. The fourth-order valence-electron chi connectivity index (χ4n) is 2.40. The third-order valence-corrected chi connectivity index (χ3v) is 3.63. The quantitative estimate of drug-likeness (QED) is 0.295. The van der Waals surface area contributed by atoms with E-state index < -0.39 is 0 Å². The first-order chi connectivity index (χ1) is 10.7. The normalized spacial score (nSPS) is 16.0. The number of morpholine rings is 1. The van der Waals surface area contributed by atoms with Crippen molar-refractivity contribution in [1.29, 1.82) is 0 Å². The molecule has 1 fully saturated rings. The van der Waals surface area contributed by atoms with Crippen molar-refractivity contribution in [1.82, 2.24) is 10.2 Å². The number of hydrogen-bond acceptors (Lipinski definition) is 3. The minimum absolute atomic E-state index is 0. The molecule has 1 aliphatic heterocycles. The van der Waals surface area contributed by atoms with Crippen LogP contribution in [0.4, 0.5) is 4.39 Å². The largest absolute Gasteiger partial charge is 0.379 e. The summed E-state index contributed by atoms with van der Waals surface area (Å²) in [5.41, 5.74) is 6.77. The van der Waals surface area contributed by atoms with Crippen molar-refractivity contribution in [3.8, 4) is 0 Å². The number of nitrogens with two attached hydrogens (primary N) is 1. The molecule has 5 nitrogen and oxygen atoms in total. The lowest BCUT2D eigenvalue weighted by Gasteiger charge is -2.26. The van der Waals surface area contributed by atoms with Crippen LogP contribution in [-0.2, 0) is 11.2 Å². The van der Waals surface area contributed by atoms with Gasteiger partial charge in [-0.25, -0.2) is 4.39 Å². The Labute approximate surface area is 154 Å². The van der Waals surface area contributed by atoms with E-state index in [1.807, 2.05) is 6.07 Å². The van der Waals surface area contributed by atoms with Gasteiger partial charge >= 0.3 is 0 Å². The second-order valence-electron chi connectivity index (χ2n) is 5.38. The first-order valence-corrected chi connectivity index (χ1v) is 7.82. The van der Waals surface area contributed by atoms with Gasteiger partial charge in [0.25, 0.3) is 0 Å². The summed E-state index contributed by atoms with van der Waals surface area (Å²) < 4.78 is 18.3. The van der Waals surface area contributed by atoms with Crippen molar-refractivity contribution in [3.63, 3.8) is 0 Å². The summed E-state index contributed by atoms with van der Waals surface area (Å²) in [5.74, 6) is 0.251. The predicted molar refractivity (Wildman–Crippen MR) is 102 cm³/mol. The van der Waals surface area contributed by atoms with Crippen LogP contribution in [0, 0.1) is 5.82 Å². The first kappa shape index (κ1) is 20.1. The van der Waals surface area contributed by atoms with Gasteiger partial charge in [-0.1, -0.05) is 12.1 Å². The lowest BCUT2D eigenvalue weighted by Crippen LogP contribution is -2.37. The maximum atomic E-state index is 13.0. The van der Waals surface area contributed by atoms with Crippen LogP contribution in [0.3, 0.4) is 0 Å². The number of ether oxygens (including phenoxy) is 1. The van der Waals surface area contributed by atoms with E-state index >= 15 is 0 Å². The minimum Gasteiger partial charge on any atom is -0.379 e. The highest BCUT2D eigenvalue weighted by molar-refractivity contribution is 14.0. The summed E-state index contributed by atoms with van der Waals surface area (Å²) in [6, 6.07) is 6.60. The Morgan fingerprint density at radius 2 is 2.13 bits per heavy atom. The van der Waals surface area contributed by atoms with Gasteiger partial charge in [0.1, 0.15) is 5.82 Å². The van der Waals surface area contributed by atoms with E-state index in [0.717, 1.165) is 57.8 Å². The summed E-state index contributed by atoms with van der Waals surface area (Å²) in [4.78, 5) is 6.69. The Bertz CT molecular complexity index is 481. The van der Waals surface area contributed by atoms with Crippen molar-refractivity contribution in [3.05, 3.63) is 35.6 Å². The van der Waals surface area contributed by atoms with Crippen LogP contribution in [0.15, 0.2) is 29.3 Å². The van der Waals surface area contributed by atoms with E-state index in [4.69, 9.17) is 10.5 Å². The van der Waals surface area contributed by atoms with Gasteiger partial charge in [-0.15, -0.1) is 24.0 Å². The molecule has 0 atom stereocenters. The highest BCUT2D eigenvalue weighted by atomic mass is 127. The highest BCUT2D eigenvalue weighted by Crippen LogP contribution is 2.03. The zero-order chi connectivity index (χ0) is 15.6. The van der Waals surface area contributed by atoms with Crippen LogP contribution >= 0.6 is 24.0 Å². The van der Waals surface area contributed by atoms with Crippen LogP contribution in [0.5, 0.6) is 0 Å². The monoisotopic (exact) mass is 436 g/mol. The van der Waals surface area contributed by atoms with Gasteiger partial charge < -0.3 is 15.8 Å². The van der Waals surface area contributed by atoms with Gasteiger partial charge in [-0.3, -0.25) is 9.89 Å². The highest BCUT2D eigenvalue weighted by Gasteiger charge is 2.08. The molecule has 0 spiro atoms. The molecule has 0 amide bonds. The molecule has 0 aliphatic carbocycles. The van der Waals surface area contributed by atoms with E-state index in [9.17, 15) is 4.39 Å². The van der Waals surface area contributed by atoms with Crippen LogP contribution in [-0.4, -0.2) is 56.8 Å². The third-order valence-electron chi connectivity index (χ3n) is 3.63. The molecule has 0 aromatic heterocycles. The second-order valence-corrected chi connectivity index (χ2v) is 5.38. The molecule has 1 aliphatic rings. The Hall–Kier alpha value is -0.930. The Balaban J connectivity index is 0.00000264. The molecule has 0 saturated carbocycles. The number of hydrogen-bond donors (Lipinski definition) is 2. The maximum absolute atomic E-state index is 13.0. The van der Waals surface area contributed by atoms with Gasteiger partial charge in [0, 0.05) is 32.7 Å². The molecule has 0 radical (unpaired) electrons. The van der Waals surface area contributed by atoms with E-state index in [1.165, 1.54) is 12.1 Å². The van der Waals surface area contributed by atoms with Gasteiger partial charge in [-0.2, -0.15) is 0 Å². The van der Waals surface area contributed by atoms with Crippen LogP contribution < -0.4 is 11.1 Å². The van der Waals surface area contributed by atoms with E-state index in [2.05, 4.69) is 15.2 Å². The summed E-state index contributed by atoms with van der Waals surface area (Å²) in [6.07, 6.45) is 1.72. The van der Waals surface area contributed by atoms with Gasteiger partial charge in [-0.05, 0) is 30.5 Å². The van der Waals surface area contributed by atoms with Gasteiger partial charge in [0.15, 0.2) is 5.96 Å². The zero-order valence-corrected chi connectivity index (χ0v) is 15.7. The summed E-state index contributed by atoms with van der Waals surface area (Å²) in [5, 5.41) is 3.06. The molecule has 130 valence electrons. The van der Waals surface area contributed by atoms with E-state index in [0.29, 0.717) is 12.5 Å². The molecule has 1 aromatic carbocycles. The molecule has 2 rings (SSSR count). The fourth-order valence-corrected chi connectivity index (χ4v) is 2.40. The van der Waals surface area contributed by atoms with Crippen LogP contribution in [0.1, 0.15) is 12.0 Å². The molecule has 3 N–H and O–H groups in total. The molecule has 1 aromatic rings. The standard InChI is InChI=1S/C16H25FN4O.HI/c17-15-4-1-3-14(13-15)5-7-20-16(18)19-6-2-8-21-9-11-22-12-10-21;/h1,3-4,13H,2,5-12H2,(H3,18,19,20);1H. The zero-order valence-electron chi connectivity index (χ0n) is 13.3. The third kappa shape index (κ3) is 8.47. The van der Waals surface area contributed by atoms with Crippen molar-refractivity contribution in [2.45, 2.75) is 12.8 Å². The first-order valence-electron chi connectivity index (χ1n) is 7.82. The number of nitrogens with one attached hydrogen (secondary N) is 1. The lowest BCUT2D eigenvalue weighted by molar-refractivity contribution is 0.0377. The van der Waals surface area contributed by atoms with Crippen LogP contribution in [0.25, 0.3) is 0 Å². The summed E-state index contributed by atoms with van der Waals surface area (Å²) in [6.45, 7) is 6.07. The molecule has 0 unspecified atom stereocenters. The topological polar surface area (TPSA) is 62.9 Å². The van der Waals surface area contributed by atoms with Crippen molar-refractivity contribution < 1.29 is 9.13 Å². The van der Waals surface area contributed by atoms with E-state index in [-0.39, 0.29) is 29.8 Å². The van der Waals surface area contributed by atoms with Crippen molar-refractivity contribution in [2.75, 3.05) is 45.9 Å². The number of aliphatic imine (C=N–C) groups is 1. The van der Waals surface area contributed by atoms with Crippen LogP contribution in [0.2, 0.25) is 0 Å². The smallest absolute Gasteiger partial charge is 0.188 e. The predicted octanol–water partition coefficient (Wildman–Crippen LogP) is 1.61. The molecule has 7 heteroatoms. The van der Waals surface area contributed by atoms with Crippen molar-refractivity contribution >= 4 is 29.9 Å². The Kier molecular flexibility index (Phi) is 10.1. The Morgan fingerprint density at radius 3 is 2.87 bits per heavy atom.